The maximum absolute atomic E-state index is 13.3. The summed E-state index contributed by atoms with van der Waals surface area (Å²) in [7, 11) is 3.07. The van der Waals surface area contributed by atoms with E-state index in [2.05, 4.69) is 0 Å². The Labute approximate surface area is 192 Å². The van der Waals surface area contributed by atoms with E-state index in [0.717, 1.165) is 11.1 Å². The van der Waals surface area contributed by atoms with Gasteiger partial charge in [-0.1, -0.05) is 30.3 Å². The Morgan fingerprint density at radius 2 is 1.45 bits per heavy atom. The fourth-order valence-corrected chi connectivity index (χ4v) is 4.24. The van der Waals surface area contributed by atoms with Crippen molar-refractivity contribution in [1.82, 2.24) is 0 Å². The Hall–Kier alpha value is -4.06. The third-order valence-corrected chi connectivity index (χ3v) is 5.68. The quantitative estimate of drug-likeness (QED) is 0.343. The van der Waals surface area contributed by atoms with Crippen molar-refractivity contribution in [3.63, 3.8) is 0 Å². The van der Waals surface area contributed by atoms with E-state index in [-0.39, 0.29) is 11.3 Å². The van der Waals surface area contributed by atoms with E-state index in [1.165, 1.54) is 12.0 Å². The van der Waals surface area contributed by atoms with Gasteiger partial charge in [-0.3, -0.25) is 14.5 Å². The molecule has 1 aliphatic rings. The summed E-state index contributed by atoms with van der Waals surface area (Å²) in [5, 5.41) is 11.3. The highest BCUT2D eigenvalue weighted by atomic mass is 16.5. The lowest BCUT2D eigenvalue weighted by Gasteiger charge is -2.26. The van der Waals surface area contributed by atoms with Crippen molar-refractivity contribution < 1.29 is 24.2 Å². The van der Waals surface area contributed by atoms with E-state index in [0.29, 0.717) is 28.3 Å². The summed E-state index contributed by atoms with van der Waals surface area (Å²) in [5.41, 5.74) is 3.57. The molecule has 0 bridgehead atoms. The second-order valence-corrected chi connectivity index (χ2v) is 8.02. The first-order valence-electron chi connectivity index (χ1n) is 10.5. The van der Waals surface area contributed by atoms with Crippen LogP contribution in [0.25, 0.3) is 5.76 Å². The van der Waals surface area contributed by atoms with E-state index >= 15 is 0 Å². The SMILES string of the molecule is COc1cccc(/C(O)=C2\C(=O)C(=O)N(c3cc(C)cc(C)c3)C2c2cccc(OC)c2)c1. The summed E-state index contributed by atoms with van der Waals surface area (Å²) in [6.07, 6.45) is 0. The number of nitrogens with zero attached hydrogens (tertiary/aromatic N) is 1. The molecule has 1 unspecified atom stereocenters. The zero-order chi connectivity index (χ0) is 23.7. The minimum absolute atomic E-state index is 0.0145. The summed E-state index contributed by atoms with van der Waals surface area (Å²) >= 11 is 0. The van der Waals surface area contributed by atoms with Gasteiger partial charge in [0.25, 0.3) is 11.7 Å². The number of carbonyl (C=O) groups excluding carboxylic acids is 2. The molecule has 168 valence electrons. The normalized spacial score (nSPS) is 17.3. The first-order chi connectivity index (χ1) is 15.8. The second-order valence-electron chi connectivity index (χ2n) is 8.02. The summed E-state index contributed by atoms with van der Waals surface area (Å²) in [5.74, 6) is -0.591. The highest BCUT2D eigenvalue weighted by molar-refractivity contribution is 6.51. The van der Waals surface area contributed by atoms with E-state index in [9.17, 15) is 14.7 Å². The molecule has 0 spiro atoms. The largest absolute Gasteiger partial charge is 0.507 e. The monoisotopic (exact) mass is 443 g/mol. The molecule has 6 heteroatoms. The van der Waals surface area contributed by atoms with Crippen LogP contribution in [0.15, 0.2) is 72.3 Å². The Bertz CT molecular complexity index is 1260. The number of rotatable bonds is 5. The number of benzene rings is 3. The molecule has 33 heavy (non-hydrogen) atoms. The first kappa shape index (κ1) is 22.1. The Morgan fingerprint density at radius 3 is 2.09 bits per heavy atom. The molecule has 3 aromatic carbocycles. The van der Waals surface area contributed by atoms with Gasteiger partial charge in [0.1, 0.15) is 17.3 Å². The van der Waals surface area contributed by atoms with Gasteiger partial charge in [0.15, 0.2) is 0 Å². The van der Waals surface area contributed by atoms with Crippen molar-refractivity contribution in [1.29, 1.82) is 0 Å². The molecule has 0 saturated carbocycles. The van der Waals surface area contributed by atoms with Crippen molar-refractivity contribution in [2.75, 3.05) is 19.1 Å². The molecule has 0 radical (unpaired) electrons. The highest BCUT2D eigenvalue weighted by Gasteiger charge is 2.47. The Balaban J connectivity index is 1.98. The van der Waals surface area contributed by atoms with Gasteiger partial charge in [0, 0.05) is 11.3 Å². The van der Waals surface area contributed by atoms with Gasteiger partial charge in [-0.25, -0.2) is 0 Å². The average Bonchev–Trinajstić information content (AvgIpc) is 3.08. The molecule has 1 atom stereocenters. The number of aryl methyl sites for hydroxylation is 2. The van der Waals surface area contributed by atoms with Crippen LogP contribution >= 0.6 is 0 Å². The summed E-state index contributed by atoms with van der Waals surface area (Å²) in [4.78, 5) is 28.1. The van der Waals surface area contributed by atoms with Crippen LogP contribution in [-0.2, 0) is 9.59 Å². The van der Waals surface area contributed by atoms with E-state index in [1.54, 1.807) is 49.6 Å². The minimum Gasteiger partial charge on any atom is -0.507 e. The molecule has 1 N–H and O–H groups in total. The van der Waals surface area contributed by atoms with Gasteiger partial charge in [-0.05, 0) is 66.9 Å². The molecule has 3 aromatic rings. The topological polar surface area (TPSA) is 76.1 Å². The Morgan fingerprint density at radius 1 is 0.848 bits per heavy atom. The highest BCUT2D eigenvalue weighted by Crippen LogP contribution is 2.43. The molecule has 1 fully saturated rings. The molecular formula is C27H25NO5. The Kier molecular flexibility index (Phi) is 5.92. The number of anilines is 1. The number of Topliss-reactive ketones (excluding diaryl/α,β-unsaturated/α-hetero) is 1. The molecule has 1 saturated heterocycles. The lowest BCUT2D eigenvalue weighted by atomic mass is 9.94. The number of hydrogen-bond acceptors (Lipinski definition) is 5. The van der Waals surface area contributed by atoms with Gasteiger partial charge in [0.05, 0.1) is 25.8 Å². The van der Waals surface area contributed by atoms with Gasteiger partial charge >= 0.3 is 0 Å². The molecule has 1 heterocycles. The van der Waals surface area contributed by atoms with Crippen LogP contribution in [0, 0.1) is 13.8 Å². The number of carbonyl (C=O) groups is 2. The van der Waals surface area contributed by atoms with E-state index in [1.807, 2.05) is 38.1 Å². The van der Waals surface area contributed by atoms with Gasteiger partial charge in [-0.15, -0.1) is 0 Å². The molecule has 1 amide bonds. The predicted molar refractivity (Wildman–Crippen MR) is 127 cm³/mol. The fraction of sp³-hybridized carbons (Fsp3) is 0.185. The first-order valence-corrected chi connectivity index (χ1v) is 10.5. The van der Waals surface area contributed by atoms with Crippen molar-refractivity contribution in [2.45, 2.75) is 19.9 Å². The van der Waals surface area contributed by atoms with Crippen LogP contribution in [0.1, 0.15) is 28.3 Å². The zero-order valence-corrected chi connectivity index (χ0v) is 19.0. The third-order valence-electron chi connectivity index (χ3n) is 5.68. The van der Waals surface area contributed by atoms with Crippen molar-refractivity contribution in [3.05, 3.63) is 94.6 Å². The van der Waals surface area contributed by atoms with E-state index in [4.69, 9.17) is 9.47 Å². The molecule has 6 nitrogen and oxygen atoms in total. The van der Waals surface area contributed by atoms with E-state index < -0.39 is 17.7 Å². The molecular weight excluding hydrogens is 418 g/mol. The number of hydrogen-bond donors (Lipinski definition) is 1. The number of ketones is 1. The van der Waals surface area contributed by atoms with Gasteiger partial charge < -0.3 is 14.6 Å². The lowest BCUT2D eigenvalue weighted by molar-refractivity contribution is -0.132. The number of aliphatic hydroxyl groups excluding tert-OH is 1. The number of ether oxygens (including phenoxy) is 2. The van der Waals surface area contributed by atoms with Crippen molar-refractivity contribution >= 4 is 23.1 Å². The van der Waals surface area contributed by atoms with Crippen LogP contribution in [-0.4, -0.2) is 31.0 Å². The van der Waals surface area contributed by atoms with Crippen molar-refractivity contribution in [3.8, 4) is 11.5 Å². The lowest BCUT2D eigenvalue weighted by Crippen LogP contribution is -2.29. The predicted octanol–water partition coefficient (Wildman–Crippen LogP) is 4.95. The smallest absolute Gasteiger partial charge is 0.300 e. The van der Waals surface area contributed by atoms with Crippen LogP contribution in [0.5, 0.6) is 11.5 Å². The van der Waals surface area contributed by atoms with Crippen molar-refractivity contribution in [2.24, 2.45) is 0 Å². The summed E-state index contributed by atoms with van der Waals surface area (Å²) < 4.78 is 10.6. The minimum atomic E-state index is -0.826. The standard InChI is InChI=1S/C27H25NO5/c1-16-11-17(2)13-20(12-16)28-24(18-7-5-9-21(14-18)32-3)23(26(30)27(28)31)25(29)19-8-6-10-22(15-19)33-4/h5-15,24,29H,1-4H3/b25-23+. The molecule has 1 aliphatic heterocycles. The fourth-order valence-electron chi connectivity index (χ4n) is 4.24. The second kappa shape index (κ2) is 8.82. The summed E-state index contributed by atoms with van der Waals surface area (Å²) in [6, 6.07) is 18.8. The maximum Gasteiger partial charge on any atom is 0.300 e. The van der Waals surface area contributed by atoms with Crippen LogP contribution in [0.3, 0.4) is 0 Å². The maximum atomic E-state index is 13.3. The van der Waals surface area contributed by atoms with Crippen LogP contribution in [0.4, 0.5) is 5.69 Å². The number of amides is 1. The van der Waals surface area contributed by atoms with Gasteiger partial charge in [0.2, 0.25) is 0 Å². The summed E-state index contributed by atoms with van der Waals surface area (Å²) in [6.45, 7) is 3.87. The van der Waals surface area contributed by atoms with Gasteiger partial charge in [-0.2, -0.15) is 0 Å². The average molecular weight is 443 g/mol. The molecule has 0 aliphatic carbocycles. The van der Waals surface area contributed by atoms with Crippen LogP contribution < -0.4 is 14.4 Å². The number of aliphatic hydroxyl groups is 1. The zero-order valence-electron chi connectivity index (χ0n) is 19.0. The van der Waals surface area contributed by atoms with Crippen LogP contribution in [0.2, 0.25) is 0 Å². The molecule has 4 rings (SSSR count). The molecule has 0 aromatic heterocycles. The number of methoxy groups -OCH3 is 2. The third kappa shape index (κ3) is 4.07.